The molecule has 0 spiro atoms. The van der Waals surface area contributed by atoms with Crippen molar-refractivity contribution in [3.05, 3.63) is 59.3 Å². The average Bonchev–Trinajstić information content (AvgIpc) is 2.94. The summed E-state index contributed by atoms with van der Waals surface area (Å²) in [6, 6.07) is 9.38. The maximum atomic E-state index is 6.01. The van der Waals surface area contributed by atoms with Gasteiger partial charge in [0.25, 0.3) is 0 Å². The quantitative estimate of drug-likeness (QED) is 0.895. The smallest absolute Gasteiger partial charge is 0.0172 e. The third-order valence-electron chi connectivity index (χ3n) is 5.77. The van der Waals surface area contributed by atoms with Gasteiger partial charge in [0.05, 0.1) is 0 Å². The zero-order valence-electron chi connectivity index (χ0n) is 13.2. The van der Waals surface area contributed by atoms with Crippen LogP contribution in [0.2, 0.25) is 0 Å². The Morgan fingerprint density at radius 1 is 1.09 bits per heavy atom. The predicted molar refractivity (Wildman–Crippen MR) is 91.5 cm³/mol. The minimum Gasteiger partial charge on any atom is -0.388 e. The Morgan fingerprint density at radius 3 is 2.77 bits per heavy atom. The first-order valence-electron chi connectivity index (χ1n) is 8.77. The van der Waals surface area contributed by atoms with Crippen molar-refractivity contribution in [2.45, 2.75) is 44.1 Å². The van der Waals surface area contributed by atoms with E-state index in [0.29, 0.717) is 17.9 Å². The summed E-state index contributed by atoms with van der Waals surface area (Å²) in [5.41, 5.74) is 10.5. The van der Waals surface area contributed by atoms with E-state index in [9.17, 15) is 0 Å². The van der Waals surface area contributed by atoms with Crippen molar-refractivity contribution in [1.82, 2.24) is 5.32 Å². The van der Waals surface area contributed by atoms with E-state index < -0.39 is 0 Å². The first-order chi connectivity index (χ1) is 10.8. The molecule has 0 aliphatic heterocycles. The van der Waals surface area contributed by atoms with Crippen LogP contribution in [-0.2, 0) is 6.42 Å². The molecule has 116 valence electrons. The Bertz CT molecular complexity index is 593. The lowest BCUT2D eigenvalue weighted by Crippen LogP contribution is -2.33. The van der Waals surface area contributed by atoms with Crippen LogP contribution >= 0.6 is 0 Å². The van der Waals surface area contributed by atoms with Crippen molar-refractivity contribution in [3.8, 4) is 0 Å². The largest absolute Gasteiger partial charge is 0.388 e. The van der Waals surface area contributed by atoms with Crippen LogP contribution in [0.15, 0.2) is 48.2 Å². The molecule has 4 rings (SSSR count). The molecule has 2 nitrogen and oxygen atoms in total. The summed E-state index contributed by atoms with van der Waals surface area (Å²) < 4.78 is 0. The van der Waals surface area contributed by atoms with Crippen molar-refractivity contribution < 1.29 is 0 Å². The Morgan fingerprint density at radius 2 is 1.91 bits per heavy atom. The van der Waals surface area contributed by atoms with Crippen molar-refractivity contribution in [3.63, 3.8) is 0 Å². The molecule has 22 heavy (non-hydrogen) atoms. The second kappa shape index (κ2) is 5.92. The molecule has 1 aromatic rings. The average molecular weight is 294 g/mol. The van der Waals surface area contributed by atoms with E-state index >= 15 is 0 Å². The molecule has 1 aromatic carbocycles. The van der Waals surface area contributed by atoms with Crippen LogP contribution in [0.1, 0.15) is 42.7 Å². The van der Waals surface area contributed by atoms with Gasteiger partial charge in [0.1, 0.15) is 0 Å². The van der Waals surface area contributed by atoms with Crippen molar-refractivity contribution in [1.29, 1.82) is 0 Å². The van der Waals surface area contributed by atoms with E-state index in [1.165, 1.54) is 48.9 Å². The molecule has 0 amide bonds. The molecule has 1 saturated carbocycles. The minimum atomic E-state index is 0.446. The summed E-state index contributed by atoms with van der Waals surface area (Å²) in [6.45, 7) is 1.12. The molecule has 0 radical (unpaired) electrons. The summed E-state index contributed by atoms with van der Waals surface area (Å²) in [5.74, 6) is 1.99. The van der Waals surface area contributed by atoms with Crippen LogP contribution < -0.4 is 11.1 Å². The van der Waals surface area contributed by atoms with Crippen LogP contribution in [0, 0.1) is 11.8 Å². The number of fused-ring (bicyclic) bond motifs is 3. The number of hydrogen-bond donors (Lipinski definition) is 2. The molecule has 2 atom stereocenters. The molecule has 3 aliphatic carbocycles. The van der Waals surface area contributed by atoms with E-state index in [4.69, 9.17) is 5.73 Å². The van der Waals surface area contributed by atoms with Gasteiger partial charge in [0, 0.05) is 30.1 Å². The molecular formula is C20H26N2. The molecule has 0 aromatic heterocycles. The van der Waals surface area contributed by atoms with Crippen molar-refractivity contribution in [2.24, 2.45) is 17.6 Å². The third-order valence-corrected chi connectivity index (χ3v) is 5.77. The highest BCUT2D eigenvalue weighted by molar-refractivity contribution is 5.44. The lowest BCUT2D eigenvalue weighted by Gasteiger charge is -2.30. The fourth-order valence-electron chi connectivity index (χ4n) is 4.41. The Hall–Kier alpha value is -1.54. The molecule has 0 heterocycles. The zero-order chi connectivity index (χ0) is 14.9. The highest BCUT2D eigenvalue weighted by atomic mass is 14.9. The molecule has 0 bridgehead atoms. The molecule has 1 fully saturated rings. The minimum absolute atomic E-state index is 0.446. The highest BCUT2D eigenvalue weighted by Gasteiger charge is 2.34. The van der Waals surface area contributed by atoms with Crippen molar-refractivity contribution >= 4 is 0 Å². The van der Waals surface area contributed by atoms with E-state index in [2.05, 4.69) is 47.8 Å². The zero-order valence-corrected chi connectivity index (χ0v) is 13.2. The summed E-state index contributed by atoms with van der Waals surface area (Å²) in [6.07, 6.45) is 13.0. The van der Waals surface area contributed by atoms with Crippen LogP contribution in [0.25, 0.3) is 0 Å². The fourth-order valence-corrected chi connectivity index (χ4v) is 4.41. The van der Waals surface area contributed by atoms with Crippen molar-refractivity contribution in [2.75, 3.05) is 6.54 Å². The lowest BCUT2D eigenvalue weighted by molar-refractivity contribution is 0.317. The second-order valence-corrected chi connectivity index (χ2v) is 7.20. The molecule has 0 saturated heterocycles. The highest BCUT2D eigenvalue weighted by Crippen LogP contribution is 2.43. The monoisotopic (exact) mass is 294 g/mol. The Labute approximate surface area is 133 Å². The van der Waals surface area contributed by atoms with E-state index in [1.54, 1.807) is 0 Å². The van der Waals surface area contributed by atoms with Crippen LogP contribution in [0.5, 0.6) is 0 Å². The molecule has 3 aliphatic rings. The van der Waals surface area contributed by atoms with Gasteiger partial charge in [-0.15, -0.1) is 0 Å². The van der Waals surface area contributed by atoms with Gasteiger partial charge in [0.15, 0.2) is 0 Å². The lowest BCUT2D eigenvalue weighted by atomic mass is 9.84. The van der Waals surface area contributed by atoms with Gasteiger partial charge in [-0.1, -0.05) is 36.4 Å². The van der Waals surface area contributed by atoms with Gasteiger partial charge >= 0.3 is 0 Å². The van der Waals surface area contributed by atoms with Gasteiger partial charge in [0.2, 0.25) is 0 Å². The van der Waals surface area contributed by atoms with Gasteiger partial charge < -0.3 is 11.1 Å². The maximum Gasteiger partial charge on any atom is 0.0172 e. The maximum absolute atomic E-state index is 6.01. The summed E-state index contributed by atoms with van der Waals surface area (Å²) in [4.78, 5) is 0. The first-order valence-corrected chi connectivity index (χ1v) is 8.77. The van der Waals surface area contributed by atoms with E-state index in [1.807, 2.05) is 0 Å². The van der Waals surface area contributed by atoms with Gasteiger partial charge in [-0.25, -0.2) is 0 Å². The Kier molecular flexibility index (Phi) is 3.79. The first kappa shape index (κ1) is 14.1. The molecular weight excluding hydrogens is 268 g/mol. The third kappa shape index (κ3) is 2.61. The van der Waals surface area contributed by atoms with Gasteiger partial charge in [-0.05, 0) is 55.2 Å². The summed E-state index contributed by atoms with van der Waals surface area (Å²) >= 11 is 0. The van der Waals surface area contributed by atoms with Gasteiger partial charge in [-0.2, -0.15) is 0 Å². The molecule has 2 heteroatoms. The number of allylic oxidation sites excluding steroid dienone is 4. The second-order valence-electron chi connectivity index (χ2n) is 7.20. The molecule has 3 N–H and O–H groups in total. The summed E-state index contributed by atoms with van der Waals surface area (Å²) in [5, 5.41) is 3.78. The summed E-state index contributed by atoms with van der Waals surface area (Å²) in [7, 11) is 0. The number of rotatable bonds is 3. The topological polar surface area (TPSA) is 38.0 Å². The molecule has 2 unspecified atom stereocenters. The number of benzene rings is 1. The van der Waals surface area contributed by atoms with E-state index in [0.717, 1.165) is 12.5 Å². The standard InChI is InChI=1S/C20H26N2/c21-16-10-8-14(9-11-16)13-22-20-7-3-6-18-17-5-2-1-4-15(17)12-19(18)20/h1-7,14,16,18-19,22H,8-13,21H2. The number of hydrogen-bond acceptors (Lipinski definition) is 2. The van der Waals surface area contributed by atoms with E-state index in [-0.39, 0.29) is 0 Å². The number of nitrogens with two attached hydrogens (primary N) is 1. The van der Waals surface area contributed by atoms with Crippen LogP contribution in [0.4, 0.5) is 0 Å². The van der Waals surface area contributed by atoms with Gasteiger partial charge in [-0.3, -0.25) is 0 Å². The Balaban J connectivity index is 1.41. The van der Waals surface area contributed by atoms with Crippen LogP contribution in [-0.4, -0.2) is 12.6 Å². The van der Waals surface area contributed by atoms with Crippen LogP contribution in [0.3, 0.4) is 0 Å². The predicted octanol–water partition coefficient (Wildman–Crippen LogP) is 3.50. The normalized spacial score (nSPS) is 33.0. The fraction of sp³-hybridized carbons (Fsp3) is 0.500. The SMILES string of the molecule is NC1CCC(CNC2=CC=CC3c4ccccc4CC23)CC1. The number of nitrogens with one attached hydrogen (secondary N) is 1.